The molecule has 3 atom stereocenters. The van der Waals surface area contributed by atoms with Crippen molar-refractivity contribution in [3.63, 3.8) is 0 Å². The van der Waals surface area contributed by atoms with E-state index in [9.17, 15) is 9.18 Å². The first-order valence-corrected chi connectivity index (χ1v) is 11.4. The maximum absolute atomic E-state index is 14.2. The number of aromatic nitrogens is 2. The minimum Gasteiger partial charge on any atom is -0.444 e. The van der Waals surface area contributed by atoms with Gasteiger partial charge in [-0.2, -0.15) is 4.98 Å². The second-order valence-corrected chi connectivity index (χ2v) is 10.2. The molecule has 174 valence electrons. The number of carbonyl (C=O) groups is 1. The summed E-state index contributed by atoms with van der Waals surface area (Å²) in [6.07, 6.45) is -0.938. The number of halogens is 2. The molecule has 0 spiro atoms. The Balaban J connectivity index is 1.43. The van der Waals surface area contributed by atoms with Crippen LogP contribution in [0.3, 0.4) is 0 Å². The van der Waals surface area contributed by atoms with Crippen molar-refractivity contribution < 1.29 is 27.9 Å². The average molecular weight is 512 g/mol. The molecule has 0 aliphatic carbocycles. The van der Waals surface area contributed by atoms with E-state index in [4.69, 9.17) is 18.7 Å². The lowest BCUT2D eigenvalue weighted by atomic mass is 9.84. The number of rotatable bonds is 4. The van der Waals surface area contributed by atoms with Gasteiger partial charge in [-0.25, -0.2) is 9.18 Å². The predicted octanol–water partition coefficient (Wildman–Crippen LogP) is 4.60. The van der Waals surface area contributed by atoms with Crippen LogP contribution in [-0.2, 0) is 14.2 Å². The summed E-state index contributed by atoms with van der Waals surface area (Å²) in [5.41, 5.74) is -0.291. The summed E-state index contributed by atoms with van der Waals surface area (Å²) in [6.45, 7) is 9.34. The highest BCUT2D eigenvalue weighted by Crippen LogP contribution is 2.34. The lowest BCUT2D eigenvalue weighted by Gasteiger charge is -2.47. The smallest absolute Gasteiger partial charge is 0.410 e. The van der Waals surface area contributed by atoms with Crippen LogP contribution in [0.25, 0.3) is 11.4 Å². The van der Waals surface area contributed by atoms with Crippen molar-refractivity contribution in [1.29, 1.82) is 0 Å². The number of likely N-dealkylation sites (tertiary alicyclic amines) is 1. The molecular formula is C22H27BrFN3O5. The van der Waals surface area contributed by atoms with Crippen LogP contribution in [0.2, 0.25) is 0 Å². The third-order valence-corrected chi connectivity index (χ3v) is 5.97. The van der Waals surface area contributed by atoms with Gasteiger partial charge in [-0.3, -0.25) is 0 Å². The molecule has 2 aliphatic rings. The van der Waals surface area contributed by atoms with Gasteiger partial charge < -0.3 is 23.6 Å². The van der Waals surface area contributed by atoms with Gasteiger partial charge >= 0.3 is 6.09 Å². The van der Waals surface area contributed by atoms with Gasteiger partial charge in [-0.1, -0.05) is 21.1 Å². The molecule has 3 heterocycles. The molecule has 0 saturated carbocycles. The van der Waals surface area contributed by atoms with E-state index >= 15 is 0 Å². The van der Waals surface area contributed by atoms with Crippen LogP contribution < -0.4 is 0 Å². The second-order valence-electron chi connectivity index (χ2n) is 9.27. The van der Waals surface area contributed by atoms with Crippen molar-refractivity contribution in [2.45, 2.75) is 45.5 Å². The van der Waals surface area contributed by atoms with Crippen molar-refractivity contribution in [3.05, 3.63) is 34.4 Å². The molecule has 4 rings (SSSR count). The van der Waals surface area contributed by atoms with E-state index in [1.165, 1.54) is 6.07 Å². The van der Waals surface area contributed by atoms with Crippen LogP contribution in [0.5, 0.6) is 0 Å². The van der Waals surface area contributed by atoms with E-state index in [1.807, 2.05) is 27.7 Å². The molecule has 32 heavy (non-hydrogen) atoms. The molecular weight excluding hydrogens is 485 g/mol. The highest BCUT2D eigenvalue weighted by molar-refractivity contribution is 9.10. The van der Waals surface area contributed by atoms with E-state index in [1.54, 1.807) is 17.0 Å². The molecule has 1 aromatic carbocycles. The number of carbonyl (C=O) groups excluding carboxylic acids is 1. The quantitative estimate of drug-likeness (QED) is 0.592. The Morgan fingerprint density at radius 1 is 1.28 bits per heavy atom. The fourth-order valence-electron chi connectivity index (χ4n) is 4.07. The Labute approximate surface area is 194 Å². The molecule has 2 fully saturated rings. The minimum atomic E-state index is -0.547. The number of nitrogens with zero attached hydrogens (tertiary/aromatic N) is 3. The number of hydrogen-bond acceptors (Lipinski definition) is 7. The number of fused-ring (bicyclic) bond motifs is 2. The average Bonchev–Trinajstić information content (AvgIpc) is 3.16. The molecule has 1 amide bonds. The summed E-state index contributed by atoms with van der Waals surface area (Å²) in [4.78, 5) is 18.6. The normalized spacial score (nSPS) is 24.3. The Morgan fingerprint density at radius 3 is 2.59 bits per heavy atom. The largest absolute Gasteiger partial charge is 0.444 e. The maximum Gasteiger partial charge on any atom is 0.410 e. The number of benzene rings is 1. The molecule has 10 heteroatoms. The summed E-state index contributed by atoms with van der Waals surface area (Å²) in [7, 11) is 0. The third-order valence-electron chi connectivity index (χ3n) is 5.48. The van der Waals surface area contributed by atoms with Crippen LogP contribution in [0.4, 0.5) is 9.18 Å². The SMILES string of the molecule is CC(OC1C2COCC1CN(C(=O)OC(C)(C)C)C2)c1nc(-c2ccc(Br)cc2F)no1. The van der Waals surface area contributed by atoms with Gasteiger partial charge in [-0.15, -0.1) is 0 Å². The van der Waals surface area contributed by atoms with Crippen molar-refractivity contribution in [2.24, 2.45) is 11.8 Å². The number of ether oxygens (including phenoxy) is 3. The minimum absolute atomic E-state index is 0.00350. The summed E-state index contributed by atoms with van der Waals surface area (Å²) in [5.74, 6) is 0.00801. The Hall–Kier alpha value is -2.04. The Bertz CT molecular complexity index is 965. The third kappa shape index (κ3) is 5.13. The van der Waals surface area contributed by atoms with Crippen LogP contribution >= 0.6 is 15.9 Å². The van der Waals surface area contributed by atoms with Crippen LogP contribution in [0, 0.1) is 17.7 Å². The fraction of sp³-hybridized carbons (Fsp3) is 0.591. The van der Waals surface area contributed by atoms with Crippen LogP contribution in [0.15, 0.2) is 27.2 Å². The summed E-state index contributed by atoms with van der Waals surface area (Å²) in [6, 6.07) is 4.66. The van der Waals surface area contributed by atoms with Gasteiger partial charge in [0.2, 0.25) is 5.82 Å². The van der Waals surface area contributed by atoms with Crippen molar-refractivity contribution in [3.8, 4) is 11.4 Å². The van der Waals surface area contributed by atoms with E-state index in [0.29, 0.717) is 30.8 Å². The zero-order chi connectivity index (χ0) is 23.0. The van der Waals surface area contributed by atoms with E-state index < -0.39 is 17.5 Å². The highest BCUT2D eigenvalue weighted by atomic mass is 79.9. The molecule has 2 aliphatic heterocycles. The first kappa shape index (κ1) is 23.1. The molecule has 8 nitrogen and oxygen atoms in total. The first-order valence-electron chi connectivity index (χ1n) is 10.6. The highest BCUT2D eigenvalue weighted by Gasteiger charge is 2.44. The van der Waals surface area contributed by atoms with Crippen LogP contribution in [0.1, 0.15) is 39.7 Å². The fourth-order valence-corrected chi connectivity index (χ4v) is 4.40. The zero-order valence-corrected chi connectivity index (χ0v) is 20.1. The standard InChI is InChI=1S/C22H27BrFN3O5/c1-12(20-25-19(26-32-20)16-6-5-15(23)7-17(16)24)30-18-13-8-27(9-14(18)11-29-10-13)21(28)31-22(2,3)4/h5-7,12-14,18H,8-11H2,1-4H3. The molecule has 2 bridgehead atoms. The Morgan fingerprint density at radius 2 is 1.97 bits per heavy atom. The van der Waals surface area contributed by atoms with E-state index in [2.05, 4.69) is 26.1 Å². The van der Waals surface area contributed by atoms with Gasteiger partial charge in [0.25, 0.3) is 5.89 Å². The molecule has 2 saturated heterocycles. The van der Waals surface area contributed by atoms with E-state index in [0.717, 1.165) is 0 Å². The summed E-state index contributed by atoms with van der Waals surface area (Å²) < 4.78 is 37.8. The molecule has 2 aromatic rings. The van der Waals surface area contributed by atoms with Crippen molar-refractivity contribution in [2.75, 3.05) is 26.3 Å². The second kappa shape index (κ2) is 9.07. The van der Waals surface area contributed by atoms with Gasteiger partial charge in [0.1, 0.15) is 17.5 Å². The molecule has 0 radical (unpaired) electrons. The Kier molecular flexibility index (Phi) is 6.56. The maximum atomic E-state index is 14.2. The lowest BCUT2D eigenvalue weighted by Crippen LogP contribution is -2.58. The summed E-state index contributed by atoms with van der Waals surface area (Å²) in [5, 5.41) is 3.92. The summed E-state index contributed by atoms with van der Waals surface area (Å²) >= 11 is 3.24. The van der Waals surface area contributed by atoms with Crippen molar-refractivity contribution in [1.82, 2.24) is 15.0 Å². The number of piperidine rings is 1. The van der Waals surface area contributed by atoms with Gasteiger partial charge in [0, 0.05) is 29.4 Å². The van der Waals surface area contributed by atoms with Gasteiger partial charge in [0.05, 0.1) is 24.9 Å². The predicted molar refractivity (Wildman–Crippen MR) is 116 cm³/mol. The van der Waals surface area contributed by atoms with Gasteiger partial charge in [-0.05, 0) is 45.9 Å². The topological polar surface area (TPSA) is 86.9 Å². The van der Waals surface area contributed by atoms with Crippen LogP contribution in [-0.4, -0.2) is 59.1 Å². The van der Waals surface area contributed by atoms with E-state index in [-0.39, 0.29) is 41.3 Å². The molecule has 1 aromatic heterocycles. The molecule has 0 N–H and O–H groups in total. The monoisotopic (exact) mass is 511 g/mol. The van der Waals surface area contributed by atoms with Crippen molar-refractivity contribution >= 4 is 22.0 Å². The first-order chi connectivity index (χ1) is 15.1. The van der Waals surface area contributed by atoms with Gasteiger partial charge in [0.15, 0.2) is 0 Å². The lowest BCUT2D eigenvalue weighted by molar-refractivity contribution is -0.168. The molecule has 3 unspecified atom stereocenters. The number of hydrogen-bond donors (Lipinski definition) is 0. The number of amides is 1. The zero-order valence-electron chi connectivity index (χ0n) is 18.5.